The fourth-order valence-electron chi connectivity index (χ4n) is 3.01. The molecule has 0 aliphatic carbocycles. The molecule has 1 amide bonds. The molecule has 2 N–H and O–H groups in total. The van der Waals surface area contributed by atoms with E-state index in [2.05, 4.69) is 5.32 Å². The van der Waals surface area contributed by atoms with Crippen LogP contribution in [0.1, 0.15) is 24.8 Å². The lowest BCUT2D eigenvalue weighted by Crippen LogP contribution is -2.35. The first-order chi connectivity index (χ1) is 11.6. The number of fused-ring (bicyclic) bond motifs is 1. The zero-order chi connectivity index (χ0) is 16.9. The fourth-order valence-corrected chi connectivity index (χ4v) is 3.01. The summed E-state index contributed by atoms with van der Waals surface area (Å²) in [5.74, 6) is -0.587. The average molecular weight is 335 g/mol. The number of carbonyl (C=O) groups excluding carboxylic acids is 1. The molecule has 0 saturated carbocycles. The molecule has 1 aromatic carbocycles. The van der Waals surface area contributed by atoms with Crippen LogP contribution in [0.15, 0.2) is 18.2 Å². The van der Waals surface area contributed by atoms with Gasteiger partial charge in [-0.15, -0.1) is 0 Å². The number of benzene rings is 1. The summed E-state index contributed by atoms with van der Waals surface area (Å²) in [5.41, 5.74) is 1.02. The molecule has 2 aliphatic rings. The van der Waals surface area contributed by atoms with Gasteiger partial charge in [0.2, 0.25) is 12.7 Å². The van der Waals surface area contributed by atoms with Crippen LogP contribution in [0.3, 0.4) is 0 Å². The van der Waals surface area contributed by atoms with E-state index in [1.165, 1.54) is 0 Å². The summed E-state index contributed by atoms with van der Waals surface area (Å²) < 4.78 is 16.0. The van der Waals surface area contributed by atoms with Crippen LogP contribution in [0.25, 0.3) is 0 Å². The molecular weight excluding hydrogens is 314 g/mol. The highest BCUT2D eigenvalue weighted by Crippen LogP contribution is 2.32. The second-order valence-corrected chi connectivity index (χ2v) is 5.99. The van der Waals surface area contributed by atoms with E-state index >= 15 is 0 Å². The number of hydrogen-bond donors (Lipinski definition) is 2. The number of carbonyl (C=O) groups is 2. The quantitative estimate of drug-likeness (QED) is 0.781. The summed E-state index contributed by atoms with van der Waals surface area (Å²) in [6, 6.07) is 5.66. The number of ether oxygens (including phenoxy) is 3. The molecule has 24 heavy (non-hydrogen) atoms. The topological polar surface area (TPSA) is 94.1 Å². The van der Waals surface area contributed by atoms with Crippen molar-refractivity contribution in [1.29, 1.82) is 0 Å². The van der Waals surface area contributed by atoms with E-state index in [1.807, 2.05) is 18.2 Å². The number of hydrogen-bond acceptors (Lipinski definition) is 5. The molecule has 130 valence electrons. The first-order valence-corrected chi connectivity index (χ1v) is 8.13. The Balaban J connectivity index is 1.45. The van der Waals surface area contributed by atoms with Gasteiger partial charge in [0.1, 0.15) is 0 Å². The van der Waals surface area contributed by atoms with Gasteiger partial charge in [-0.25, -0.2) is 0 Å². The maximum atomic E-state index is 12.0. The van der Waals surface area contributed by atoms with Crippen LogP contribution in [-0.4, -0.2) is 43.0 Å². The van der Waals surface area contributed by atoms with Gasteiger partial charge in [0.15, 0.2) is 11.5 Å². The Bertz CT molecular complexity index is 611. The monoisotopic (exact) mass is 335 g/mol. The molecule has 0 radical (unpaired) electrons. The van der Waals surface area contributed by atoms with Crippen molar-refractivity contribution in [3.63, 3.8) is 0 Å². The van der Waals surface area contributed by atoms with E-state index in [-0.39, 0.29) is 25.2 Å². The van der Waals surface area contributed by atoms with Crippen molar-refractivity contribution in [2.24, 2.45) is 5.92 Å². The summed E-state index contributed by atoms with van der Waals surface area (Å²) in [5, 5.41) is 12.1. The van der Waals surface area contributed by atoms with Gasteiger partial charge >= 0.3 is 5.97 Å². The first kappa shape index (κ1) is 16.6. The normalized spacial score (nSPS) is 19.9. The molecule has 1 saturated heterocycles. The highest BCUT2D eigenvalue weighted by atomic mass is 16.7. The Morgan fingerprint density at radius 1 is 1.29 bits per heavy atom. The average Bonchev–Trinajstić information content (AvgIpc) is 3.23. The number of amides is 1. The summed E-state index contributed by atoms with van der Waals surface area (Å²) >= 11 is 0. The van der Waals surface area contributed by atoms with E-state index in [0.29, 0.717) is 31.7 Å². The molecule has 0 bridgehead atoms. The van der Waals surface area contributed by atoms with Crippen LogP contribution in [0, 0.1) is 5.92 Å². The number of aliphatic carboxylic acids is 1. The van der Waals surface area contributed by atoms with E-state index in [1.54, 1.807) is 0 Å². The van der Waals surface area contributed by atoms with Crippen molar-refractivity contribution >= 4 is 11.9 Å². The Kier molecular flexibility index (Phi) is 5.20. The predicted molar refractivity (Wildman–Crippen MR) is 84.0 cm³/mol. The van der Waals surface area contributed by atoms with Gasteiger partial charge in [0.25, 0.3) is 0 Å². The van der Waals surface area contributed by atoms with Gasteiger partial charge < -0.3 is 24.6 Å². The molecule has 0 unspecified atom stereocenters. The maximum Gasteiger partial charge on any atom is 0.309 e. The van der Waals surface area contributed by atoms with Crippen molar-refractivity contribution in [3.05, 3.63) is 23.8 Å². The zero-order valence-corrected chi connectivity index (χ0v) is 13.3. The van der Waals surface area contributed by atoms with Gasteiger partial charge in [0.05, 0.1) is 12.0 Å². The van der Waals surface area contributed by atoms with Crippen molar-refractivity contribution in [2.75, 3.05) is 19.9 Å². The van der Waals surface area contributed by atoms with Crippen LogP contribution < -0.4 is 14.8 Å². The summed E-state index contributed by atoms with van der Waals surface area (Å²) in [6.45, 7) is 1.24. The lowest BCUT2D eigenvalue weighted by Gasteiger charge is -2.18. The van der Waals surface area contributed by atoms with Crippen molar-refractivity contribution in [2.45, 2.75) is 31.8 Å². The van der Waals surface area contributed by atoms with E-state index < -0.39 is 11.9 Å². The highest BCUT2D eigenvalue weighted by Gasteiger charge is 2.33. The van der Waals surface area contributed by atoms with Gasteiger partial charge in [-0.05, 0) is 37.0 Å². The van der Waals surface area contributed by atoms with Crippen molar-refractivity contribution < 1.29 is 28.9 Å². The van der Waals surface area contributed by atoms with Crippen LogP contribution in [-0.2, 0) is 20.7 Å². The minimum atomic E-state index is -0.979. The van der Waals surface area contributed by atoms with Crippen LogP contribution >= 0.6 is 0 Å². The molecule has 7 heteroatoms. The molecule has 1 aromatic rings. The molecule has 3 rings (SSSR count). The van der Waals surface area contributed by atoms with Crippen LogP contribution in [0.2, 0.25) is 0 Å². The SMILES string of the molecule is O=C(C[C@H](C(=O)O)[C@H]1CCCO1)NCCc1ccc2c(c1)OCO2. The standard InChI is InChI=1S/C17H21NO6/c19-16(9-12(17(20)21)13-2-1-7-22-13)18-6-5-11-3-4-14-15(8-11)24-10-23-14/h3-4,8,12-13H,1-2,5-7,9-10H2,(H,18,19)(H,20,21)/t12-,13+/m0/s1. The Labute approximate surface area is 139 Å². The maximum absolute atomic E-state index is 12.0. The third-order valence-corrected chi connectivity index (χ3v) is 4.31. The number of nitrogens with one attached hydrogen (secondary N) is 1. The summed E-state index contributed by atoms with van der Waals surface area (Å²) in [7, 11) is 0. The number of rotatable bonds is 7. The van der Waals surface area contributed by atoms with Crippen molar-refractivity contribution in [3.8, 4) is 11.5 Å². The third kappa shape index (κ3) is 3.97. The van der Waals surface area contributed by atoms with Gasteiger partial charge in [0, 0.05) is 19.6 Å². The van der Waals surface area contributed by atoms with E-state index in [4.69, 9.17) is 14.2 Å². The molecule has 2 aliphatic heterocycles. The highest BCUT2D eigenvalue weighted by molar-refractivity contribution is 5.82. The Hall–Kier alpha value is -2.28. The first-order valence-electron chi connectivity index (χ1n) is 8.13. The number of carboxylic acid groups (broad SMARTS) is 1. The van der Waals surface area contributed by atoms with Gasteiger partial charge in [-0.1, -0.05) is 6.07 Å². The molecule has 0 spiro atoms. The predicted octanol–water partition coefficient (Wildman–Crippen LogP) is 1.34. The second-order valence-electron chi connectivity index (χ2n) is 5.99. The minimum Gasteiger partial charge on any atom is -0.481 e. The van der Waals surface area contributed by atoms with E-state index in [0.717, 1.165) is 17.7 Å². The molecule has 2 heterocycles. The largest absolute Gasteiger partial charge is 0.481 e. The van der Waals surface area contributed by atoms with Crippen molar-refractivity contribution in [1.82, 2.24) is 5.32 Å². The lowest BCUT2D eigenvalue weighted by atomic mass is 9.96. The Morgan fingerprint density at radius 3 is 2.88 bits per heavy atom. The van der Waals surface area contributed by atoms with E-state index in [9.17, 15) is 14.7 Å². The summed E-state index contributed by atoms with van der Waals surface area (Å²) in [4.78, 5) is 23.4. The molecule has 1 fully saturated rings. The molecular formula is C17H21NO6. The van der Waals surface area contributed by atoms with Gasteiger partial charge in [-0.2, -0.15) is 0 Å². The molecule has 7 nitrogen and oxygen atoms in total. The fraction of sp³-hybridized carbons (Fsp3) is 0.529. The third-order valence-electron chi connectivity index (χ3n) is 4.31. The smallest absolute Gasteiger partial charge is 0.309 e. The Morgan fingerprint density at radius 2 is 2.12 bits per heavy atom. The zero-order valence-electron chi connectivity index (χ0n) is 13.3. The van der Waals surface area contributed by atoms with Gasteiger partial charge in [-0.3, -0.25) is 9.59 Å². The van der Waals surface area contributed by atoms with Crippen LogP contribution in [0.4, 0.5) is 0 Å². The lowest BCUT2D eigenvalue weighted by molar-refractivity contribution is -0.148. The van der Waals surface area contributed by atoms with Crippen LogP contribution in [0.5, 0.6) is 11.5 Å². The minimum absolute atomic E-state index is 0.0544. The molecule has 0 aromatic heterocycles. The number of carboxylic acids is 1. The summed E-state index contributed by atoms with van der Waals surface area (Å²) in [6.07, 6.45) is 1.77. The second kappa shape index (κ2) is 7.53. The molecule has 2 atom stereocenters.